The molecular formula is C21H18N6O2S. The molecule has 30 heavy (non-hydrogen) atoms. The Balaban J connectivity index is 1.59. The molecule has 0 aliphatic carbocycles. The number of amides is 1. The largest absolute Gasteiger partial charge is 0.497 e. The molecule has 1 unspecified atom stereocenters. The highest BCUT2D eigenvalue weighted by Crippen LogP contribution is 2.40. The minimum absolute atomic E-state index is 0.0357. The van der Waals surface area contributed by atoms with Crippen molar-refractivity contribution in [1.82, 2.24) is 25.0 Å². The van der Waals surface area contributed by atoms with Gasteiger partial charge in [-0.25, -0.2) is 4.98 Å². The minimum atomic E-state index is -0.0564. The fraction of sp³-hybridized carbons (Fsp3) is 0.190. The second-order valence-electron chi connectivity index (χ2n) is 6.99. The van der Waals surface area contributed by atoms with Crippen molar-refractivity contribution in [2.45, 2.75) is 19.3 Å². The van der Waals surface area contributed by atoms with E-state index in [4.69, 9.17) is 4.74 Å². The number of nitrogens with zero attached hydrogens (tertiary/aromatic N) is 5. The van der Waals surface area contributed by atoms with Crippen LogP contribution in [0.15, 0.2) is 47.3 Å². The first-order chi connectivity index (χ1) is 14.6. The molecule has 1 amide bonds. The number of thiophene rings is 1. The Kier molecular flexibility index (Phi) is 4.51. The van der Waals surface area contributed by atoms with Gasteiger partial charge in [0.05, 0.1) is 24.7 Å². The molecular weight excluding hydrogens is 400 g/mol. The number of benzene rings is 1. The lowest BCUT2D eigenvalue weighted by molar-refractivity contribution is -0.116. The third-order valence-electron chi connectivity index (χ3n) is 5.17. The highest BCUT2D eigenvalue weighted by molar-refractivity contribution is 7.08. The highest BCUT2D eigenvalue weighted by atomic mass is 32.1. The average Bonchev–Trinajstić information content (AvgIpc) is 3.42. The Morgan fingerprint density at radius 2 is 2.07 bits per heavy atom. The van der Waals surface area contributed by atoms with Crippen molar-refractivity contribution in [1.29, 1.82) is 0 Å². The summed E-state index contributed by atoms with van der Waals surface area (Å²) < 4.78 is 6.78. The van der Waals surface area contributed by atoms with Gasteiger partial charge in [0.25, 0.3) is 5.95 Å². The van der Waals surface area contributed by atoms with Gasteiger partial charge in [-0.05, 0) is 53.6 Å². The van der Waals surface area contributed by atoms with Crippen LogP contribution in [0.4, 0.5) is 5.82 Å². The van der Waals surface area contributed by atoms with Gasteiger partial charge in [-0.1, -0.05) is 0 Å². The summed E-state index contributed by atoms with van der Waals surface area (Å²) in [6, 6.07) is 9.60. The third kappa shape index (κ3) is 3.13. The number of methoxy groups -OCH3 is 1. The SMILES string of the molecule is COc1ccc(-c2cnnc(-n3nc(C)c4c3NC(=O)CC4c3ccsc3)n2)cc1. The van der Waals surface area contributed by atoms with Crippen LogP contribution >= 0.6 is 11.3 Å². The van der Waals surface area contributed by atoms with Gasteiger partial charge in [0.2, 0.25) is 5.91 Å². The zero-order chi connectivity index (χ0) is 20.7. The summed E-state index contributed by atoms with van der Waals surface area (Å²) in [6.45, 7) is 1.94. The Hall–Kier alpha value is -3.59. The van der Waals surface area contributed by atoms with Crippen molar-refractivity contribution in [3.05, 3.63) is 64.1 Å². The Morgan fingerprint density at radius 3 is 2.80 bits per heavy atom. The lowest BCUT2D eigenvalue weighted by Gasteiger charge is -2.23. The van der Waals surface area contributed by atoms with Crippen molar-refractivity contribution < 1.29 is 9.53 Å². The average molecular weight is 418 g/mol. The molecule has 0 saturated heterocycles. The van der Waals surface area contributed by atoms with E-state index in [9.17, 15) is 4.79 Å². The first-order valence-electron chi connectivity index (χ1n) is 9.40. The molecule has 1 aliphatic rings. The zero-order valence-electron chi connectivity index (χ0n) is 16.4. The fourth-order valence-electron chi connectivity index (χ4n) is 3.73. The predicted octanol–water partition coefficient (Wildman–Crippen LogP) is 3.58. The second-order valence-corrected chi connectivity index (χ2v) is 7.77. The number of ether oxygens (including phenoxy) is 1. The van der Waals surface area contributed by atoms with Gasteiger partial charge in [-0.15, -0.1) is 5.10 Å². The van der Waals surface area contributed by atoms with E-state index in [-0.39, 0.29) is 11.8 Å². The number of anilines is 1. The van der Waals surface area contributed by atoms with Gasteiger partial charge in [0.1, 0.15) is 11.6 Å². The summed E-state index contributed by atoms with van der Waals surface area (Å²) in [7, 11) is 1.63. The molecule has 1 atom stereocenters. The molecule has 0 spiro atoms. The van der Waals surface area contributed by atoms with Crippen molar-refractivity contribution in [3.8, 4) is 23.0 Å². The molecule has 5 rings (SSSR count). The number of rotatable bonds is 4. The number of hydrogen-bond acceptors (Lipinski definition) is 7. The Bertz CT molecular complexity index is 1220. The number of aromatic nitrogens is 5. The zero-order valence-corrected chi connectivity index (χ0v) is 17.2. The third-order valence-corrected chi connectivity index (χ3v) is 5.87. The molecule has 0 bridgehead atoms. The van der Waals surface area contributed by atoms with Crippen molar-refractivity contribution in [3.63, 3.8) is 0 Å². The maximum absolute atomic E-state index is 12.5. The van der Waals surface area contributed by atoms with Crippen LogP contribution in [0.25, 0.3) is 17.2 Å². The molecule has 9 heteroatoms. The molecule has 0 radical (unpaired) electrons. The number of fused-ring (bicyclic) bond motifs is 1. The maximum atomic E-state index is 12.5. The number of carbonyl (C=O) groups is 1. The van der Waals surface area contributed by atoms with Gasteiger partial charge in [0.15, 0.2) is 0 Å². The van der Waals surface area contributed by atoms with Gasteiger partial charge in [-0.2, -0.15) is 26.2 Å². The molecule has 8 nitrogen and oxygen atoms in total. The quantitative estimate of drug-likeness (QED) is 0.544. The van der Waals surface area contributed by atoms with Crippen LogP contribution < -0.4 is 10.1 Å². The normalized spacial score (nSPS) is 15.5. The molecule has 150 valence electrons. The first-order valence-corrected chi connectivity index (χ1v) is 10.3. The number of hydrogen-bond donors (Lipinski definition) is 1. The van der Waals surface area contributed by atoms with Gasteiger partial charge < -0.3 is 10.1 Å². The summed E-state index contributed by atoms with van der Waals surface area (Å²) in [5.41, 5.74) is 4.47. The van der Waals surface area contributed by atoms with Crippen LogP contribution in [-0.2, 0) is 4.79 Å². The summed E-state index contributed by atoms with van der Waals surface area (Å²) in [5, 5.41) is 20.0. The van der Waals surface area contributed by atoms with Crippen molar-refractivity contribution in [2.75, 3.05) is 12.4 Å². The molecule has 4 aromatic rings. The van der Waals surface area contributed by atoms with E-state index in [2.05, 4.69) is 37.0 Å². The van der Waals surface area contributed by atoms with Gasteiger partial charge >= 0.3 is 0 Å². The second kappa shape index (κ2) is 7.34. The van der Waals surface area contributed by atoms with E-state index in [1.165, 1.54) is 0 Å². The maximum Gasteiger partial charge on any atom is 0.272 e. The predicted molar refractivity (Wildman–Crippen MR) is 113 cm³/mol. The molecule has 3 aromatic heterocycles. The van der Waals surface area contributed by atoms with Crippen molar-refractivity contribution >= 4 is 23.1 Å². The lowest BCUT2D eigenvalue weighted by Crippen LogP contribution is -2.25. The van der Waals surface area contributed by atoms with E-state index >= 15 is 0 Å². The van der Waals surface area contributed by atoms with Crippen LogP contribution in [0.1, 0.15) is 29.2 Å². The van der Waals surface area contributed by atoms with Crippen LogP contribution in [0, 0.1) is 6.92 Å². The highest BCUT2D eigenvalue weighted by Gasteiger charge is 2.33. The Morgan fingerprint density at radius 1 is 1.23 bits per heavy atom. The molecule has 1 aromatic carbocycles. The van der Waals surface area contributed by atoms with Crippen LogP contribution in [-0.4, -0.2) is 38.0 Å². The fourth-order valence-corrected chi connectivity index (χ4v) is 4.45. The van der Waals surface area contributed by atoms with Gasteiger partial charge in [0, 0.05) is 23.5 Å². The monoisotopic (exact) mass is 418 g/mol. The molecule has 1 aliphatic heterocycles. The smallest absolute Gasteiger partial charge is 0.272 e. The first kappa shape index (κ1) is 18.4. The standard InChI is InChI=1S/C21H18N6O2S/c1-12-19-16(14-7-8-30-11-14)9-18(28)24-20(19)27(26-12)21-23-17(10-22-25-21)13-3-5-15(29-2)6-4-13/h3-8,10-11,16H,9H2,1-2H3,(H,24,28). The number of aryl methyl sites for hydroxylation is 1. The lowest BCUT2D eigenvalue weighted by atomic mass is 9.87. The number of carbonyl (C=O) groups excluding carboxylic acids is 1. The van der Waals surface area contributed by atoms with Crippen LogP contribution in [0.5, 0.6) is 5.75 Å². The molecule has 4 heterocycles. The van der Waals surface area contributed by atoms with E-state index in [1.54, 1.807) is 29.3 Å². The Labute approximate surface area is 176 Å². The molecule has 0 saturated carbocycles. The van der Waals surface area contributed by atoms with E-state index < -0.39 is 0 Å². The summed E-state index contributed by atoms with van der Waals surface area (Å²) >= 11 is 1.62. The molecule has 0 fully saturated rings. The van der Waals surface area contributed by atoms with E-state index in [0.29, 0.717) is 23.9 Å². The summed E-state index contributed by atoms with van der Waals surface area (Å²) in [6.07, 6.45) is 1.99. The molecule has 1 N–H and O–H groups in total. The van der Waals surface area contributed by atoms with Gasteiger partial charge in [-0.3, -0.25) is 4.79 Å². The summed E-state index contributed by atoms with van der Waals surface area (Å²) in [5.74, 6) is 1.58. The van der Waals surface area contributed by atoms with E-state index in [1.807, 2.05) is 36.6 Å². The van der Waals surface area contributed by atoms with Crippen LogP contribution in [0.3, 0.4) is 0 Å². The summed E-state index contributed by atoms with van der Waals surface area (Å²) in [4.78, 5) is 17.1. The van der Waals surface area contributed by atoms with Crippen LogP contribution in [0.2, 0.25) is 0 Å². The minimum Gasteiger partial charge on any atom is -0.497 e. The van der Waals surface area contributed by atoms with E-state index in [0.717, 1.165) is 28.1 Å². The number of nitrogens with one attached hydrogen (secondary N) is 1. The van der Waals surface area contributed by atoms with Crippen molar-refractivity contribution in [2.24, 2.45) is 0 Å². The topological polar surface area (TPSA) is 94.8 Å².